The number of urea groups is 1. The number of nitrogens with one attached hydrogen (secondary N) is 4. The van der Waals surface area contributed by atoms with Gasteiger partial charge < -0.3 is 50.6 Å². The lowest BCUT2D eigenvalue weighted by Crippen LogP contribution is -2.60. The zero-order valence-electron chi connectivity index (χ0n) is 23.6. The Bertz CT molecular complexity index is 1250. The molecule has 6 atom stereocenters. The van der Waals surface area contributed by atoms with Gasteiger partial charge >= 0.3 is 6.03 Å². The summed E-state index contributed by atoms with van der Waals surface area (Å²) in [5.74, 6) is 0.275. The summed E-state index contributed by atoms with van der Waals surface area (Å²) in [5, 5.41) is 62.4. The number of nitrogens with zero attached hydrogens (tertiary/aromatic N) is 2. The molecule has 3 aromatic rings. The van der Waals surface area contributed by atoms with Gasteiger partial charge in [-0.2, -0.15) is 0 Å². The highest BCUT2D eigenvalue weighted by Gasteiger charge is 2.45. The fourth-order valence-corrected chi connectivity index (χ4v) is 4.79. The average Bonchev–Trinajstić information content (AvgIpc) is 3.64. The van der Waals surface area contributed by atoms with Crippen molar-refractivity contribution in [2.75, 3.05) is 19.8 Å². The summed E-state index contributed by atoms with van der Waals surface area (Å²) in [6.45, 7) is 3.65. The van der Waals surface area contributed by atoms with Gasteiger partial charge in [0.15, 0.2) is 0 Å². The molecule has 1 fully saturated rings. The Hall–Kier alpha value is -3.53. The summed E-state index contributed by atoms with van der Waals surface area (Å²) in [5.41, 5.74) is 4.39. The number of benzene rings is 1. The van der Waals surface area contributed by atoms with Gasteiger partial charge in [-0.1, -0.05) is 38.1 Å². The van der Waals surface area contributed by atoms with Crippen LogP contribution in [0.3, 0.4) is 0 Å². The molecule has 2 amide bonds. The Morgan fingerprint density at radius 3 is 2.48 bits per heavy atom. The molecule has 0 saturated carbocycles. The summed E-state index contributed by atoms with van der Waals surface area (Å²) in [6, 6.07) is 7.08. The van der Waals surface area contributed by atoms with Crippen molar-refractivity contribution in [3.8, 4) is 5.88 Å². The van der Waals surface area contributed by atoms with E-state index in [4.69, 9.17) is 9.47 Å². The smallest absolute Gasteiger partial charge is 0.315 e. The molecule has 1 aromatic carbocycles. The van der Waals surface area contributed by atoms with Gasteiger partial charge in [-0.25, -0.2) is 9.78 Å². The van der Waals surface area contributed by atoms with Crippen molar-refractivity contribution in [2.24, 2.45) is 0 Å². The Morgan fingerprint density at radius 2 is 1.83 bits per heavy atom. The van der Waals surface area contributed by atoms with Crippen LogP contribution in [0, 0.1) is 0 Å². The third kappa shape index (κ3) is 7.85. The Kier molecular flexibility index (Phi) is 10.9. The number of hydrogen-bond acceptors (Lipinski definition) is 10. The number of ether oxygens (including phenoxy) is 2. The highest BCUT2D eigenvalue weighted by atomic mass is 16.7. The lowest BCUT2D eigenvalue weighted by molar-refractivity contribution is -0.278. The van der Waals surface area contributed by atoms with Gasteiger partial charge in [0.2, 0.25) is 12.2 Å². The molecule has 42 heavy (non-hydrogen) atoms. The highest BCUT2D eigenvalue weighted by Crippen LogP contribution is 2.31. The molecule has 3 heterocycles. The van der Waals surface area contributed by atoms with Crippen LogP contribution < -0.4 is 15.4 Å². The van der Waals surface area contributed by atoms with Crippen molar-refractivity contribution >= 4 is 6.03 Å². The van der Waals surface area contributed by atoms with Crippen molar-refractivity contribution in [3.63, 3.8) is 0 Å². The van der Waals surface area contributed by atoms with Crippen LogP contribution in [-0.4, -0.2) is 108 Å². The monoisotopic (exact) mass is 588 g/mol. The molecular formula is C28H40N6O8. The third-order valence-corrected chi connectivity index (χ3v) is 7.19. The van der Waals surface area contributed by atoms with Crippen molar-refractivity contribution in [3.05, 3.63) is 64.9 Å². The molecular weight excluding hydrogens is 548 g/mol. The lowest BCUT2D eigenvalue weighted by Gasteiger charge is -2.39. The van der Waals surface area contributed by atoms with Crippen LogP contribution in [0.2, 0.25) is 0 Å². The lowest BCUT2D eigenvalue weighted by atomic mass is 9.98. The van der Waals surface area contributed by atoms with Crippen molar-refractivity contribution in [1.29, 1.82) is 0 Å². The van der Waals surface area contributed by atoms with Gasteiger partial charge in [0.05, 0.1) is 25.6 Å². The van der Waals surface area contributed by atoms with Crippen LogP contribution in [0.25, 0.3) is 0 Å². The molecule has 14 heteroatoms. The first-order chi connectivity index (χ1) is 20.2. The van der Waals surface area contributed by atoms with E-state index in [2.05, 4.69) is 30.8 Å². The predicted molar refractivity (Wildman–Crippen MR) is 150 cm³/mol. The normalized spacial score (nSPS) is 23.1. The van der Waals surface area contributed by atoms with Crippen LogP contribution in [-0.2, 0) is 24.0 Å². The minimum Gasteiger partial charge on any atom is -0.443 e. The van der Waals surface area contributed by atoms with E-state index in [1.807, 2.05) is 38.1 Å². The maximum Gasteiger partial charge on any atom is 0.315 e. The Balaban J connectivity index is 1.33. The second-order valence-electron chi connectivity index (χ2n) is 10.7. The Labute approximate surface area is 243 Å². The maximum atomic E-state index is 12.3. The van der Waals surface area contributed by atoms with Crippen molar-refractivity contribution < 1.29 is 39.8 Å². The molecule has 0 bridgehead atoms. The molecule has 230 valence electrons. The van der Waals surface area contributed by atoms with Gasteiger partial charge in [0.1, 0.15) is 24.4 Å². The third-order valence-electron chi connectivity index (χ3n) is 7.19. The van der Waals surface area contributed by atoms with Gasteiger partial charge in [-0.15, -0.1) is 5.10 Å². The number of rotatable bonds is 13. The summed E-state index contributed by atoms with van der Waals surface area (Å²) < 4.78 is 11.3. The standard InChI is InChI=1S/C28H40N6O8/c1-15(2)22-20(26(34-33-22)42-27-25(39)24(38)23(37)21(13-36)41-27)9-17-5-3-16(4-6-17)7-8-30-28(40)32-19(12-35)10-18-11-29-14-31-18/h3-6,11,14-15,19,21,23-25,27,35-39H,7-10,12-13H2,1-2H3,(H,29,31)(H,33,34)(H2,30,32,40)/t19-,21+,23+,24-,25+,27-/m0/s1. The molecule has 0 unspecified atom stereocenters. The van der Waals surface area contributed by atoms with Crippen LogP contribution in [0.15, 0.2) is 36.8 Å². The van der Waals surface area contributed by atoms with E-state index in [1.165, 1.54) is 0 Å². The molecule has 14 nitrogen and oxygen atoms in total. The van der Waals surface area contributed by atoms with Gasteiger partial charge in [-0.3, -0.25) is 5.10 Å². The summed E-state index contributed by atoms with van der Waals surface area (Å²) in [4.78, 5) is 19.2. The molecule has 0 radical (unpaired) electrons. The molecule has 9 N–H and O–H groups in total. The summed E-state index contributed by atoms with van der Waals surface area (Å²) >= 11 is 0. The number of carbonyl (C=O) groups excluding carboxylic acids is 1. The number of hydrogen-bond donors (Lipinski definition) is 9. The summed E-state index contributed by atoms with van der Waals surface area (Å²) in [7, 11) is 0. The number of aromatic amines is 2. The topological polar surface area (TPSA) is 218 Å². The van der Waals surface area contributed by atoms with E-state index >= 15 is 0 Å². The van der Waals surface area contributed by atoms with Crippen LogP contribution in [0.5, 0.6) is 5.88 Å². The Morgan fingerprint density at radius 1 is 1.10 bits per heavy atom. The SMILES string of the molecule is CC(C)c1[nH]nc(O[C@@H]2O[C@H](CO)[C@@H](O)[C@H](O)[C@H]2O)c1Cc1ccc(CCNC(=O)N[C@H](CO)Cc2cnc[nH]2)cc1. The van der Waals surface area contributed by atoms with E-state index in [9.17, 15) is 30.3 Å². The minimum absolute atomic E-state index is 0.0843. The summed E-state index contributed by atoms with van der Waals surface area (Å²) in [6.07, 6.45) is -2.32. The van der Waals surface area contributed by atoms with Gasteiger partial charge in [0, 0.05) is 42.5 Å². The molecule has 1 aliphatic rings. The van der Waals surface area contributed by atoms with Crippen molar-refractivity contribution in [2.45, 2.75) is 75.8 Å². The largest absolute Gasteiger partial charge is 0.443 e. The van der Waals surface area contributed by atoms with Crippen LogP contribution in [0.4, 0.5) is 4.79 Å². The molecule has 4 rings (SSSR count). The highest BCUT2D eigenvalue weighted by molar-refractivity contribution is 5.74. The number of H-pyrrole nitrogens is 2. The molecule has 1 aliphatic heterocycles. The molecule has 0 spiro atoms. The van der Waals surface area contributed by atoms with E-state index in [-0.39, 0.29) is 24.4 Å². The number of carbonyl (C=O) groups is 1. The van der Waals surface area contributed by atoms with Gasteiger partial charge in [0.25, 0.3) is 0 Å². The first kappa shape index (κ1) is 31.4. The molecule has 0 aliphatic carbocycles. The van der Waals surface area contributed by atoms with E-state index in [0.29, 0.717) is 25.8 Å². The predicted octanol–water partition coefficient (Wildman–Crippen LogP) is -0.529. The first-order valence-electron chi connectivity index (χ1n) is 13.9. The first-order valence-corrected chi connectivity index (χ1v) is 13.9. The van der Waals surface area contributed by atoms with Crippen molar-refractivity contribution in [1.82, 2.24) is 30.8 Å². The number of imidazole rings is 1. The fraction of sp³-hybridized carbons (Fsp3) is 0.536. The zero-order chi connectivity index (χ0) is 30.2. The average molecular weight is 589 g/mol. The number of aliphatic hydroxyl groups is 5. The molecule has 1 saturated heterocycles. The maximum absolute atomic E-state index is 12.3. The van der Waals surface area contributed by atoms with E-state index < -0.39 is 43.4 Å². The number of aromatic nitrogens is 4. The second kappa shape index (κ2) is 14.6. The fourth-order valence-electron chi connectivity index (χ4n) is 4.79. The minimum atomic E-state index is -1.56. The van der Waals surface area contributed by atoms with Crippen LogP contribution in [0.1, 0.15) is 47.8 Å². The number of aliphatic hydroxyl groups excluding tert-OH is 5. The van der Waals surface area contributed by atoms with E-state index in [1.54, 1.807) is 12.5 Å². The molecule has 2 aromatic heterocycles. The van der Waals surface area contributed by atoms with Crippen LogP contribution >= 0.6 is 0 Å². The second-order valence-corrected chi connectivity index (χ2v) is 10.7. The van der Waals surface area contributed by atoms with E-state index in [0.717, 1.165) is 28.1 Å². The van der Waals surface area contributed by atoms with Gasteiger partial charge in [-0.05, 0) is 23.5 Å². The quantitative estimate of drug-likeness (QED) is 0.124. The zero-order valence-corrected chi connectivity index (χ0v) is 23.6. The number of amides is 2.